The van der Waals surface area contributed by atoms with E-state index in [0.717, 1.165) is 5.69 Å². The lowest BCUT2D eigenvalue weighted by Crippen LogP contribution is -2.12. The molecule has 102 valence electrons. The summed E-state index contributed by atoms with van der Waals surface area (Å²) in [6.07, 6.45) is 2.82. The molecule has 0 atom stereocenters. The number of carboxylic acids is 2. The number of aromatic nitrogens is 1. The van der Waals surface area contributed by atoms with E-state index in [1.807, 2.05) is 6.92 Å². The number of hydrogen-bond acceptors (Lipinski definition) is 3. The first-order valence-corrected chi connectivity index (χ1v) is 5.69. The van der Waals surface area contributed by atoms with Crippen LogP contribution < -0.4 is 4.74 Å². The first-order valence-electron chi connectivity index (χ1n) is 5.69. The van der Waals surface area contributed by atoms with Gasteiger partial charge in [-0.3, -0.25) is 4.57 Å². The maximum Gasteiger partial charge on any atom is 0.341 e. The van der Waals surface area contributed by atoms with Crippen molar-refractivity contribution in [2.45, 2.75) is 6.92 Å². The average Bonchev–Trinajstić information content (AvgIpc) is 2.82. The summed E-state index contributed by atoms with van der Waals surface area (Å²) >= 11 is 0. The van der Waals surface area contributed by atoms with E-state index >= 15 is 0 Å². The Morgan fingerprint density at radius 1 is 1.35 bits per heavy atom. The van der Waals surface area contributed by atoms with Gasteiger partial charge in [-0.2, -0.15) is 0 Å². The molecule has 0 aliphatic rings. The van der Waals surface area contributed by atoms with Crippen molar-refractivity contribution >= 4 is 11.9 Å². The molecule has 0 spiro atoms. The van der Waals surface area contributed by atoms with E-state index in [9.17, 15) is 9.59 Å². The highest BCUT2D eigenvalue weighted by Gasteiger charge is 2.14. The molecule has 0 fully saturated rings. The summed E-state index contributed by atoms with van der Waals surface area (Å²) in [6, 6.07) is 8.95. The Morgan fingerprint density at radius 3 is 2.65 bits per heavy atom. The SMILES string of the molecule is Cc1cc#cn1-c1ccc(OCC(=O)O)c(C(=O)O)c1. The van der Waals surface area contributed by atoms with Crippen molar-refractivity contribution in [3.63, 3.8) is 0 Å². The molecule has 2 N–H and O–H groups in total. The second-order valence-corrected chi connectivity index (χ2v) is 4.05. The van der Waals surface area contributed by atoms with Crippen LogP contribution in [0.4, 0.5) is 0 Å². The zero-order valence-corrected chi connectivity index (χ0v) is 10.6. The molecule has 1 heterocycles. The fourth-order valence-corrected chi connectivity index (χ4v) is 1.71. The first kappa shape index (κ1) is 13.5. The molecule has 2 aromatic rings. The first-order chi connectivity index (χ1) is 9.49. The van der Waals surface area contributed by atoms with Gasteiger partial charge in [0.25, 0.3) is 0 Å². The van der Waals surface area contributed by atoms with Crippen LogP contribution in [0.25, 0.3) is 5.69 Å². The normalized spacial score (nSPS) is 9.85. The molecule has 0 amide bonds. The molecule has 6 heteroatoms. The third kappa shape index (κ3) is 2.72. The lowest BCUT2D eigenvalue weighted by molar-refractivity contribution is -0.139. The van der Waals surface area contributed by atoms with Gasteiger partial charge in [0.15, 0.2) is 6.61 Å². The van der Waals surface area contributed by atoms with Crippen molar-refractivity contribution in [3.05, 3.63) is 47.8 Å². The molecular weight excluding hydrogens is 262 g/mol. The molecule has 1 aromatic heterocycles. The van der Waals surface area contributed by atoms with Crippen molar-refractivity contribution in [3.8, 4) is 11.4 Å². The minimum absolute atomic E-state index is 0.0115. The third-order valence-electron chi connectivity index (χ3n) is 2.61. The fourth-order valence-electron chi connectivity index (χ4n) is 1.71. The molecule has 2 rings (SSSR count). The topological polar surface area (TPSA) is 88.8 Å². The van der Waals surface area contributed by atoms with E-state index in [4.69, 9.17) is 14.9 Å². The van der Waals surface area contributed by atoms with Crippen LogP contribution in [-0.4, -0.2) is 33.3 Å². The Bertz CT molecular complexity index is 659. The van der Waals surface area contributed by atoms with Gasteiger partial charge in [-0.1, -0.05) is 0 Å². The van der Waals surface area contributed by atoms with E-state index in [-0.39, 0.29) is 11.3 Å². The Labute approximate surface area is 114 Å². The minimum Gasteiger partial charge on any atom is -0.481 e. The highest BCUT2D eigenvalue weighted by Crippen LogP contribution is 2.22. The molecule has 0 bridgehead atoms. The Hall–Kier alpha value is -2.94. The summed E-state index contributed by atoms with van der Waals surface area (Å²) in [5.41, 5.74) is 1.33. The monoisotopic (exact) mass is 273 g/mol. The molecule has 20 heavy (non-hydrogen) atoms. The number of rotatable bonds is 5. The number of aromatic carboxylic acids is 1. The van der Waals surface area contributed by atoms with Crippen molar-refractivity contribution in [2.24, 2.45) is 0 Å². The van der Waals surface area contributed by atoms with Crippen molar-refractivity contribution in [2.75, 3.05) is 6.61 Å². The van der Waals surface area contributed by atoms with E-state index in [1.54, 1.807) is 16.7 Å². The number of ether oxygens (including phenoxy) is 1. The van der Waals surface area contributed by atoms with Crippen LogP contribution in [0.2, 0.25) is 0 Å². The summed E-state index contributed by atoms with van der Waals surface area (Å²) in [4.78, 5) is 21.7. The van der Waals surface area contributed by atoms with Crippen molar-refractivity contribution < 1.29 is 24.5 Å². The predicted octanol–water partition coefficient (Wildman–Crippen LogP) is 1.55. The molecule has 0 aliphatic heterocycles. The smallest absolute Gasteiger partial charge is 0.341 e. The Morgan fingerprint density at radius 2 is 2.10 bits per heavy atom. The maximum absolute atomic E-state index is 11.2. The van der Waals surface area contributed by atoms with Gasteiger partial charge in [-0.15, -0.1) is 0 Å². The second kappa shape index (κ2) is 5.36. The van der Waals surface area contributed by atoms with Gasteiger partial charge < -0.3 is 14.9 Å². The average molecular weight is 273 g/mol. The summed E-state index contributed by atoms with van der Waals surface area (Å²) < 4.78 is 6.60. The van der Waals surface area contributed by atoms with Gasteiger partial charge in [0.05, 0.1) is 5.69 Å². The van der Waals surface area contributed by atoms with Crippen LogP contribution in [0.5, 0.6) is 5.75 Å². The quantitative estimate of drug-likeness (QED) is 0.862. The Kier molecular flexibility index (Phi) is 3.62. The minimum atomic E-state index is -1.19. The zero-order chi connectivity index (χ0) is 14.7. The number of carboxylic acid groups (broad SMARTS) is 2. The van der Waals surface area contributed by atoms with Gasteiger partial charge in [-0.05, 0) is 31.2 Å². The molecule has 0 saturated heterocycles. The number of aryl methyl sites for hydroxylation is 1. The van der Waals surface area contributed by atoms with Crippen molar-refractivity contribution in [1.82, 2.24) is 4.57 Å². The van der Waals surface area contributed by atoms with E-state index < -0.39 is 18.5 Å². The lowest BCUT2D eigenvalue weighted by atomic mass is 10.1. The molecule has 6 nitrogen and oxygen atoms in total. The fraction of sp³-hybridized carbons (Fsp3) is 0.143. The summed E-state index contributed by atoms with van der Waals surface area (Å²) in [6.45, 7) is 1.24. The summed E-state index contributed by atoms with van der Waals surface area (Å²) in [5.74, 6) is -2.35. The van der Waals surface area contributed by atoms with Crippen LogP contribution in [0.3, 0.4) is 0 Å². The number of hydrogen-bond donors (Lipinski definition) is 2. The van der Waals surface area contributed by atoms with Crippen LogP contribution in [0, 0.1) is 19.2 Å². The number of carbonyl (C=O) groups is 2. The van der Waals surface area contributed by atoms with Gasteiger partial charge in [0.1, 0.15) is 11.3 Å². The van der Waals surface area contributed by atoms with Crippen molar-refractivity contribution in [1.29, 1.82) is 0 Å². The highest BCUT2D eigenvalue weighted by atomic mass is 16.5. The van der Waals surface area contributed by atoms with Crippen LogP contribution in [0.1, 0.15) is 16.1 Å². The summed E-state index contributed by atoms with van der Waals surface area (Å²) in [5, 5.41) is 17.7. The molecule has 0 saturated carbocycles. The van der Waals surface area contributed by atoms with E-state index in [1.165, 1.54) is 12.1 Å². The lowest BCUT2D eigenvalue weighted by Gasteiger charge is -2.10. The molecule has 1 aromatic carbocycles. The maximum atomic E-state index is 11.2. The largest absolute Gasteiger partial charge is 0.481 e. The van der Waals surface area contributed by atoms with Gasteiger partial charge in [0.2, 0.25) is 0 Å². The van der Waals surface area contributed by atoms with E-state index in [2.05, 4.69) is 12.3 Å². The number of benzene rings is 1. The summed E-state index contributed by atoms with van der Waals surface area (Å²) in [7, 11) is 0. The zero-order valence-electron chi connectivity index (χ0n) is 10.6. The standard InChI is InChI=1S/C14H11NO5/c1-9-3-2-6-15(9)10-4-5-12(20-8-13(16)17)11(7-10)14(18)19/h3-5,7H,8H2,1H3,(H,16,17)(H,18,19). The van der Waals surface area contributed by atoms with Gasteiger partial charge >= 0.3 is 11.9 Å². The molecule has 0 unspecified atom stereocenters. The number of aliphatic carboxylic acids is 1. The van der Waals surface area contributed by atoms with Crippen LogP contribution >= 0.6 is 0 Å². The predicted molar refractivity (Wildman–Crippen MR) is 68.3 cm³/mol. The molecule has 0 radical (unpaired) electrons. The molecule has 0 aliphatic carbocycles. The second-order valence-electron chi connectivity index (χ2n) is 4.05. The molecular formula is C14H11NO5. The third-order valence-corrected chi connectivity index (χ3v) is 2.61. The number of nitrogens with zero attached hydrogens (tertiary/aromatic N) is 1. The van der Waals surface area contributed by atoms with Crippen LogP contribution in [0.15, 0.2) is 24.3 Å². The van der Waals surface area contributed by atoms with Crippen LogP contribution in [-0.2, 0) is 4.79 Å². The Balaban J connectivity index is 2.40. The van der Waals surface area contributed by atoms with Gasteiger partial charge in [-0.25, -0.2) is 9.59 Å². The highest BCUT2D eigenvalue weighted by molar-refractivity contribution is 5.91. The van der Waals surface area contributed by atoms with E-state index in [0.29, 0.717) is 5.69 Å². The van der Waals surface area contributed by atoms with Gasteiger partial charge in [0, 0.05) is 18.0 Å².